The molecule has 0 aliphatic rings. The molecule has 7 aromatic rings. The van der Waals surface area contributed by atoms with Crippen molar-refractivity contribution in [2.45, 2.75) is 194 Å². The molecule has 0 aliphatic carbocycles. The lowest BCUT2D eigenvalue weighted by Gasteiger charge is -2.13. The van der Waals surface area contributed by atoms with Crippen molar-refractivity contribution in [3.05, 3.63) is 135 Å². The highest BCUT2D eigenvalue weighted by atomic mass is 16.6. The van der Waals surface area contributed by atoms with Crippen molar-refractivity contribution >= 4 is 65.4 Å². The van der Waals surface area contributed by atoms with Gasteiger partial charge in [0.05, 0.1) is 253 Å². The summed E-state index contributed by atoms with van der Waals surface area (Å²) in [6, 6.07) is 16.8. The molecule has 0 aliphatic heterocycles. The second-order valence-electron chi connectivity index (χ2n) is 34.2. The Hall–Kier alpha value is -10.7. The summed E-state index contributed by atoms with van der Waals surface area (Å²) in [4.78, 5) is 113. The summed E-state index contributed by atoms with van der Waals surface area (Å²) in [5.74, 6) is 0.117. The summed E-state index contributed by atoms with van der Waals surface area (Å²) < 4.78 is 142. The first-order valence-electron chi connectivity index (χ1n) is 51.1. The smallest absolute Gasteiger partial charge is 0.259 e. The average molecular weight is 2020 g/mol. The molecule has 0 unspecified atom stereocenters. The maximum atomic E-state index is 15.9. The van der Waals surface area contributed by atoms with Gasteiger partial charge >= 0.3 is 0 Å². The molecule has 7 rings (SSSR count). The van der Waals surface area contributed by atoms with Gasteiger partial charge in [-0.1, -0.05) is 181 Å². The van der Waals surface area contributed by atoms with E-state index in [0.29, 0.717) is 65.7 Å². The number of hydrogen-bond donors (Lipinski definition) is 6. The van der Waals surface area contributed by atoms with Crippen LogP contribution in [0.3, 0.4) is 0 Å². The van der Waals surface area contributed by atoms with Gasteiger partial charge in [0, 0.05) is 64.8 Å². The number of fused-ring (bicyclic) bond motifs is 12. The predicted octanol–water partition coefficient (Wildman–Crippen LogP) is 17.8. The lowest BCUT2D eigenvalue weighted by molar-refractivity contribution is 0.0176. The fraction of sp³-hybridized carbons (Fsp3) is 0.611. The Morgan fingerprint density at radius 1 is 0.160 bits per heavy atom. The van der Waals surface area contributed by atoms with Crippen LogP contribution in [0.2, 0.25) is 0 Å². The molecule has 804 valence electrons. The van der Waals surface area contributed by atoms with Crippen molar-refractivity contribution in [2.75, 3.05) is 243 Å². The molecule has 144 heavy (non-hydrogen) atoms. The maximum Gasteiger partial charge on any atom is 0.259 e. The molecule has 6 N–H and O–H groups in total. The van der Waals surface area contributed by atoms with E-state index >= 15 is 28.8 Å². The van der Waals surface area contributed by atoms with Crippen LogP contribution in [0.4, 0.5) is 0 Å². The highest BCUT2D eigenvalue weighted by Crippen LogP contribution is 2.36. The minimum Gasteiger partial charge on any atom is -0.494 e. The lowest BCUT2D eigenvalue weighted by Crippen LogP contribution is -2.15. The van der Waals surface area contributed by atoms with Crippen LogP contribution in [-0.2, 0) is 56.8 Å². The van der Waals surface area contributed by atoms with Gasteiger partial charge in [0.1, 0.15) is 95.4 Å². The zero-order valence-corrected chi connectivity index (χ0v) is 87.4. The maximum absolute atomic E-state index is 15.9. The van der Waals surface area contributed by atoms with Gasteiger partial charge in [-0.3, -0.25) is 28.8 Å². The first-order valence-corrected chi connectivity index (χ1v) is 51.1. The van der Waals surface area contributed by atoms with Gasteiger partial charge < -0.3 is 144 Å². The van der Waals surface area contributed by atoms with Crippen LogP contribution in [0.15, 0.2) is 102 Å². The number of methoxy groups -OCH3 is 10. The van der Waals surface area contributed by atoms with Crippen molar-refractivity contribution in [1.82, 2.24) is 29.9 Å². The summed E-state index contributed by atoms with van der Waals surface area (Å²) in [6.45, 7) is 8.80. The molecule has 12 bridgehead atoms. The molecule has 0 radical (unpaired) electrons. The fourth-order valence-electron chi connectivity index (χ4n) is 15.5. The van der Waals surface area contributed by atoms with E-state index in [1.165, 1.54) is 225 Å². The molecule has 0 amide bonds. The highest BCUT2D eigenvalue weighted by Gasteiger charge is 2.20. The minimum atomic E-state index is -0.886. The second-order valence-corrected chi connectivity index (χ2v) is 34.2. The lowest BCUT2D eigenvalue weighted by atomic mass is 10.0. The molecular weight excluding hydrogens is 1860 g/mol. The van der Waals surface area contributed by atoms with E-state index in [-0.39, 0.29) is 253 Å². The zero-order valence-electron chi connectivity index (χ0n) is 87.4. The van der Waals surface area contributed by atoms with Gasteiger partial charge in [0.15, 0.2) is 0 Å². The molecule has 0 fully saturated rings. The third-order valence-corrected chi connectivity index (χ3v) is 23.4. The zero-order chi connectivity index (χ0) is 103. The molecular formula is C108H162N6O30. The number of hydrogen-bond acceptors (Lipinski definition) is 30. The number of aromatic nitrogens is 6. The second kappa shape index (κ2) is 74.2. The summed E-state index contributed by atoms with van der Waals surface area (Å²) in [6.07, 6.45) is 31.8. The van der Waals surface area contributed by atoms with Gasteiger partial charge in [-0.15, -0.1) is 0 Å². The Morgan fingerprint density at radius 2 is 0.306 bits per heavy atom. The first kappa shape index (κ1) is 120. The van der Waals surface area contributed by atoms with Crippen LogP contribution in [-0.4, -0.2) is 273 Å². The van der Waals surface area contributed by atoms with Gasteiger partial charge in [-0.25, -0.2) is 0 Å². The van der Waals surface area contributed by atoms with E-state index in [0.717, 1.165) is 51.4 Å². The largest absolute Gasteiger partial charge is 0.494 e. The topological polar surface area (TPSA) is 419 Å². The number of benzene rings is 6. The Bertz CT molecular complexity index is 4830. The van der Waals surface area contributed by atoms with Crippen molar-refractivity contribution < 1.29 is 114 Å². The van der Waals surface area contributed by atoms with E-state index < -0.39 is 33.4 Å². The SMILES string of the molecule is CCCCCCCCCCCCCCCCOc1cc(OCCCCCCCCCCCCCCCC)c2cc1c(=O)[nH]c1cc([nH]c(=O)c3cc(c(OCCOCCOCCOC)cc3OCCOCCOCCOC)c(=O)[nH]c3cc([nH]c(=O)c4cc(c(OCCOCCOCCOC)cc4OCCOCCOCCOC)c(=O)[nH]c4cc([nH]c2=O)c(OC)cc4OC)c(OC)cc3OC)c(OC)cc1OC. The Balaban J connectivity index is 1.62. The predicted molar refractivity (Wildman–Crippen MR) is 561 cm³/mol. The molecule has 0 spiro atoms. The van der Waals surface area contributed by atoms with Crippen LogP contribution in [0.5, 0.6) is 69.0 Å². The van der Waals surface area contributed by atoms with Crippen molar-refractivity contribution in [3.63, 3.8) is 0 Å². The first-order chi connectivity index (χ1) is 70.5. The molecule has 1 aromatic heterocycles. The average Bonchev–Trinajstić information content (AvgIpc) is 0.782. The van der Waals surface area contributed by atoms with Crippen LogP contribution in [0.25, 0.3) is 65.4 Å². The highest BCUT2D eigenvalue weighted by molar-refractivity contribution is 5.84. The molecule has 0 saturated carbocycles. The number of unbranched alkanes of at least 4 members (excludes halogenated alkanes) is 26. The van der Waals surface area contributed by atoms with Gasteiger partial charge in [0.2, 0.25) is 0 Å². The van der Waals surface area contributed by atoms with E-state index in [1.54, 1.807) is 34.5 Å². The van der Waals surface area contributed by atoms with Crippen molar-refractivity contribution in [1.29, 1.82) is 0 Å². The van der Waals surface area contributed by atoms with Gasteiger partial charge in [0.25, 0.3) is 33.4 Å². The molecule has 1 heterocycles. The summed E-state index contributed by atoms with van der Waals surface area (Å²) in [7, 11) is 14.5. The Morgan fingerprint density at radius 3 is 0.472 bits per heavy atom. The minimum absolute atomic E-state index is 0.000323. The molecule has 6 aromatic carbocycles. The van der Waals surface area contributed by atoms with Crippen LogP contribution in [0.1, 0.15) is 194 Å². The van der Waals surface area contributed by atoms with Crippen molar-refractivity contribution in [3.8, 4) is 69.0 Å². The number of ether oxygens (including phenoxy) is 24. The van der Waals surface area contributed by atoms with Crippen LogP contribution >= 0.6 is 0 Å². The summed E-state index contributed by atoms with van der Waals surface area (Å²) in [5, 5.41) is -1.15. The third-order valence-electron chi connectivity index (χ3n) is 23.4. The van der Waals surface area contributed by atoms with Gasteiger partial charge in [-0.05, 0) is 49.2 Å². The fourth-order valence-corrected chi connectivity index (χ4v) is 15.5. The van der Waals surface area contributed by atoms with Crippen molar-refractivity contribution in [2.24, 2.45) is 0 Å². The number of rotatable bonds is 78. The number of aromatic amines is 6. The molecule has 36 heteroatoms. The van der Waals surface area contributed by atoms with Crippen LogP contribution in [0, 0.1) is 0 Å². The summed E-state index contributed by atoms with van der Waals surface area (Å²) in [5.41, 5.74) is -5.20. The third kappa shape index (κ3) is 44.7. The molecule has 0 atom stereocenters. The van der Waals surface area contributed by atoms with Crippen LogP contribution < -0.4 is 90.2 Å². The Kier molecular flexibility index (Phi) is 61.9. The van der Waals surface area contributed by atoms with Gasteiger partial charge in [-0.2, -0.15) is 0 Å². The monoisotopic (exact) mass is 2020 g/mol. The normalized spacial score (nSPS) is 11.2. The van der Waals surface area contributed by atoms with E-state index in [9.17, 15) is 0 Å². The Labute approximate surface area is 845 Å². The number of H-pyrrole nitrogens is 6. The quantitative estimate of drug-likeness (QED) is 0.0193. The molecule has 36 nitrogen and oxygen atoms in total. The van der Waals surface area contributed by atoms with E-state index in [4.69, 9.17) is 114 Å². The van der Waals surface area contributed by atoms with E-state index in [1.807, 2.05) is 0 Å². The molecule has 0 saturated heterocycles. The standard InChI is InChI=1S/C108H162N6O30/c1-13-15-17-19-21-23-25-27-29-31-33-35-37-39-41-139-91-73-92(140-42-40-38-36-34-32-30-28-26-24-22-20-18-16-14-2)80-67-79(91)103(115)109-85-70-87(99(127-9)76-97(85)125-7)111-105(117)81-68-83(95(143-65-61-137-57-53-133-49-45-123-5)74-93(81)141-63-59-135-55-51-131-47-43-121-3)107(119)113-89-72-90(102(130-12)78-101(89)129-11)114-108(120)84-69-82(106(118)112-88-71-86(110-104(80)116)98(126-8)77-100(88)128-10)94(142-64-60-136-56-52-132-48-44-122-4)75-96(84)144-66-62-138-58-54-134-50-46-124-6/h67-78H,13-66H2,1-12H3,(H,109,115)(H,110,116)(H,111,117)(H,112,118)(H,113,119)(H,114,120). The summed E-state index contributed by atoms with van der Waals surface area (Å²) >= 11 is 0. The number of nitrogens with one attached hydrogen (secondary N) is 6. The van der Waals surface area contributed by atoms with E-state index in [2.05, 4.69) is 43.8 Å².